The molecular formula is C14H11BrFN5. The van der Waals surface area contributed by atoms with E-state index >= 15 is 0 Å². The molecule has 5 nitrogen and oxygen atoms in total. The summed E-state index contributed by atoms with van der Waals surface area (Å²) in [7, 11) is 0. The van der Waals surface area contributed by atoms with Crippen molar-refractivity contribution in [3.63, 3.8) is 0 Å². The highest BCUT2D eigenvalue weighted by atomic mass is 79.9. The van der Waals surface area contributed by atoms with Gasteiger partial charge < -0.3 is 4.90 Å². The number of fused-ring (bicyclic) bond motifs is 1. The molecule has 21 heavy (non-hydrogen) atoms. The van der Waals surface area contributed by atoms with Crippen molar-refractivity contribution in [2.24, 2.45) is 0 Å². The molecule has 0 radical (unpaired) electrons. The molecule has 0 bridgehead atoms. The summed E-state index contributed by atoms with van der Waals surface area (Å²) >= 11 is 3.21. The van der Waals surface area contributed by atoms with E-state index < -0.39 is 0 Å². The molecule has 4 rings (SSSR count). The van der Waals surface area contributed by atoms with Gasteiger partial charge in [-0.25, -0.2) is 9.37 Å². The smallest absolute Gasteiger partial charge is 0.166 e. The van der Waals surface area contributed by atoms with Gasteiger partial charge in [0.1, 0.15) is 5.82 Å². The number of rotatable bonds is 2. The van der Waals surface area contributed by atoms with E-state index in [0.29, 0.717) is 23.4 Å². The lowest BCUT2D eigenvalue weighted by atomic mass is 9.99. The van der Waals surface area contributed by atoms with Crippen molar-refractivity contribution in [2.45, 2.75) is 5.92 Å². The quantitative estimate of drug-likeness (QED) is 0.714. The van der Waals surface area contributed by atoms with Crippen LogP contribution in [-0.4, -0.2) is 32.7 Å². The first-order valence-corrected chi connectivity index (χ1v) is 7.37. The summed E-state index contributed by atoms with van der Waals surface area (Å²) in [6, 6.07) is 7.24. The first-order valence-electron chi connectivity index (χ1n) is 6.58. The van der Waals surface area contributed by atoms with E-state index in [0.717, 1.165) is 11.5 Å². The molecule has 3 aromatic heterocycles. The van der Waals surface area contributed by atoms with Crippen LogP contribution in [0.2, 0.25) is 0 Å². The highest BCUT2D eigenvalue weighted by molar-refractivity contribution is 9.10. The maximum Gasteiger partial charge on any atom is 0.166 e. The van der Waals surface area contributed by atoms with Gasteiger partial charge in [-0.1, -0.05) is 6.07 Å². The second-order valence-electron chi connectivity index (χ2n) is 5.05. The van der Waals surface area contributed by atoms with Gasteiger partial charge in [0.15, 0.2) is 17.3 Å². The molecule has 1 aliphatic rings. The zero-order valence-corrected chi connectivity index (χ0v) is 12.5. The Kier molecular flexibility index (Phi) is 2.88. The fraction of sp³-hybridized carbons (Fsp3) is 0.214. The summed E-state index contributed by atoms with van der Waals surface area (Å²) in [6.07, 6.45) is 3.56. The Morgan fingerprint density at radius 3 is 2.90 bits per heavy atom. The summed E-state index contributed by atoms with van der Waals surface area (Å²) in [5.41, 5.74) is 0.832. The normalized spacial score (nSPS) is 15.4. The summed E-state index contributed by atoms with van der Waals surface area (Å²) in [6.45, 7) is 1.39. The number of hydrogen-bond donors (Lipinski definition) is 0. The third kappa shape index (κ3) is 2.08. The van der Waals surface area contributed by atoms with E-state index in [2.05, 4.69) is 31.1 Å². The maximum absolute atomic E-state index is 13.9. The Hall–Kier alpha value is -2.02. The lowest BCUT2D eigenvalue weighted by Crippen LogP contribution is -2.46. The second kappa shape index (κ2) is 4.77. The van der Waals surface area contributed by atoms with Crippen LogP contribution in [0.5, 0.6) is 0 Å². The molecule has 0 saturated carbocycles. The largest absolute Gasteiger partial charge is 0.353 e. The van der Waals surface area contributed by atoms with Crippen LogP contribution in [0, 0.1) is 5.82 Å². The predicted octanol–water partition coefficient (Wildman–Crippen LogP) is 2.63. The topological polar surface area (TPSA) is 46.3 Å². The number of halogens is 2. The van der Waals surface area contributed by atoms with Crippen molar-refractivity contribution in [2.75, 3.05) is 18.0 Å². The molecule has 1 saturated heterocycles. The van der Waals surface area contributed by atoms with Gasteiger partial charge in [0.05, 0.1) is 5.92 Å². The number of hydrogen-bond acceptors (Lipinski definition) is 4. The number of aromatic nitrogens is 4. The minimum absolute atomic E-state index is 0.243. The van der Waals surface area contributed by atoms with Crippen LogP contribution < -0.4 is 4.90 Å². The van der Waals surface area contributed by atoms with Crippen molar-refractivity contribution in [1.29, 1.82) is 0 Å². The number of pyridine rings is 2. The maximum atomic E-state index is 13.9. The zero-order chi connectivity index (χ0) is 14.4. The van der Waals surface area contributed by atoms with Crippen LogP contribution in [0.25, 0.3) is 5.65 Å². The van der Waals surface area contributed by atoms with Gasteiger partial charge in [-0.3, -0.25) is 4.40 Å². The zero-order valence-electron chi connectivity index (χ0n) is 10.9. The van der Waals surface area contributed by atoms with Gasteiger partial charge in [0.25, 0.3) is 0 Å². The van der Waals surface area contributed by atoms with Gasteiger partial charge in [0.2, 0.25) is 0 Å². The van der Waals surface area contributed by atoms with E-state index in [4.69, 9.17) is 0 Å². The molecular weight excluding hydrogens is 337 g/mol. The van der Waals surface area contributed by atoms with Gasteiger partial charge in [-0.15, -0.1) is 10.2 Å². The van der Waals surface area contributed by atoms with Crippen LogP contribution in [-0.2, 0) is 0 Å². The first-order chi connectivity index (χ1) is 10.2. The van der Waals surface area contributed by atoms with E-state index in [1.54, 1.807) is 6.20 Å². The van der Waals surface area contributed by atoms with E-state index in [1.165, 1.54) is 6.07 Å². The fourth-order valence-corrected chi connectivity index (χ4v) is 2.90. The molecule has 106 valence electrons. The van der Waals surface area contributed by atoms with Crippen LogP contribution in [0.4, 0.5) is 10.2 Å². The predicted molar refractivity (Wildman–Crippen MR) is 79.8 cm³/mol. The molecule has 1 aliphatic heterocycles. The molecule has 0 aromatic carbocycles. The van der Waals surface area contributed by atoms with Gasteiger partial charge in [0, 0.05) is 30.0 Å². The molecule has 1 fully saturated rings. The second-order valence-corrected chi connectivity index (χ2v) is 5.96. The lowest BCUT2D eigenvalue weighted by Gasteiger charge is -2.39. The van der Waals surface area contributed by atoms with Crippen LogP contribution in [0.15, 0.2) is 41.1 Å². The molecule has 7 heteroatoms. The van der Waals surface area contributed by atoms with Crippen LogP contribution in [0.3, 0.4) is 0 Å². The summed E-state index contributed by atoms with van der Waals surface area (Å²) in [5, 5.41) is 8.39. The Labute approximate surface area is 128 Å². The Balaban J connectivity index is 1.57. The molecule has 0 spiro atoms. The molecule has 3 aromatic rings. The van der Waals surface area contributed by atoms with Gasteiger partial charge in [-0.05, 0) is 34.1 Å². The Morgan fingerprint density at radius 2 is 2.10 bits per heavy atom. The minimum atomic E-state index is -0.311. The van der Waals surface area contributed by atoms with Crippen molar-refractivity contribution >= 4 is 27.4 Å². The van der Waals surface area contributed by atoms with Crippen LogP contribution in [0.1, 0.15) is 11.7 Å². The summed E-state index contributed by atoms with van der Waals surface area (Å²) < 4.78 is 16.5. The molecule has 0 atom stereocenters. The third-order valence-electron chi connectivity index (χ3n) is 3.67. The van der Waals surface area contributed by atoms with Crippen LogP contribution >= 0.6 is 15.9 Å². The molecule has 4 heterocycles. The van der Waals surface area contributed by atoms with E-state index in [-0.39, 0.29) is 11.7 Å². The Morgan fingerprint density at radius 1 is 1.24 bits per heavy atom. The highest BCUT2D eigenvalue weighted by Crippen LogP contribution is 2.31. The highest BCUT2D eigenvalue weighted by Gasteiger charge is 2.33. The third-order valence-corrected chi connectivity index (χ3v) is 4.11. The SMILES string of the molecule is Fc1cc(Br)cnc1N1CC(c2nnc3ccccn23)C1. The van der Waals surface area contributed by atoms with Crippen molar-refractivity contribution in [1.82, 2.24) is 19.6 Å². The van der Waals surface area contributed by atoms with E-state index in [1.807, 2.05) is 33.7 Å². The molecule has 0 unspecified atom stereocenters. The van der Waals surface area contributed by atoms with Crippen molar-refractivity contribution in [3.05, 3.63) is 52.8 Å². The number of anilines is 1. The van der Waals surface area contributed by atoms with Crippen molar-refractivity contribution < 1.29 is 4.39 Å². The average Bonchev–Trinajstić information content (AvgIpc) is 2.84. The lowest BCUT2D eigenvalue weighted by molar-refractivity contribution is 0.479. The minimum Gasteiger partial charge on any atom is -0.353 e. The van der Waals surface area contributed by atoms with Gasteiger partial charge >= 0.3 is 0 Å². The molecule has 0 N–H and O–H groups in total. The first kappa shape index (κ1) is 12.7. The number of nitrogens with zero attached hydrogens (tertiary/aromatic N) is 5. The standard InChI is InChI=1S/C14H11BrFN5/c15-10-5-11(16)14(17-6-10)20-7-9(8-20)13-19-18-12-3-1-2-4-21(12)13/h1-6,9H,7-8H2. The average molecular weight is 348 g/mol. The summed E-state index contributed by atoms with van der Waals surface area (Å²) in [5.74, 6) is 1.24. The fourth-order valence-electron chi connectivity index (χ4n) is 2.59. The summed E-state index contributed by atoms with van der Waals surface area (Å²) in [4.78, 5) is 6.05. The molecule has 0 amide bonds. The van der Waals surface area contributed by atoms with Gasteiger partial charge in [-0.2, -0.15) is 0 Å². The Bertz CT molecular complexity index is 812. The van der Waals surface area contributed by atoms with Crippen molar-refractivity contribution in [3.8, 4) is 0 Å². The monoisotopic (exact) mass is 347 g/mol. The van der Waals surface area contributed by atoms with E-state index in [9.17, 15) is 4.39 Å². The molecule has 0 aliphatic carbocycles.